The Bertz CT molecular complexity index is 1390. The van der Waals surface area contributed by atoms with Gasteiger partial charge in [-0.3, -0.25) is 4.79 Å². The largest absolute Gasteiger partial charge is 0.488 e. The van der Waals surface area contributed by atoms with E-state index in [2.05, 4.69) is 5.16 Å². The number of alkyl halides is 3. The normalized spacial score (nSPS) is 13.5. The molecule has 1 N–H and O–H groups in total. The molecule has 1 saturated carbocycles. The summed E-state index contributed by atoms with van der Waals surface area (Å²) in [6.45, 7) is -0.0762. The fraction of sp³-hybridized carbons (Fsp3) is 0.214. The van der Waals surface area contributed by atoms with Gasteiger partial charge in [-0.25, -0.2) is 0 Å². The maximum absolute atomic E-state index is 13.7. The van der Waals surface area contributed by atoms with Gasteiger partial charge in [-0.1, -0.05) is 65.8 Å². The maximum atomic E-state index is 13.7. The predicted octanol–water partition coefficient (Wildman–Crippen LogP) is 7.11. The van der Waals surface area contributed by atoms with Crippen LogP contribution >= 0.6 is 0 Å². The van der Waals surface area contributed by atoms with Crippen molar-refractivity contribution >= 4 is 5.97 Å². The van der Waals surface area contributed by atoms with Crippen LogP contribution < -0.4 is 4.74 Å². The number of carboxylic acid groups (broad SMARTS) is 1. The highest BCUT2D eigenvalue weighted by Crippen LogP contribution is 2.46. The first-order valence-corrected chi connectivity index (χ1v) is 11.5. The van der Waals surface area contributed by atoms with Crippen LogP contribution in [0.25, 0.3) is 22.4 Å². The second-order valence-corrected chi connectivity index (χ2v) is 8.75. The number of nitrogens with zero attached hydrogens (tertiary/aromatic N) is 1. The van der Waals surface area contributed by atoms with Gasteiger partial charge in [-0.15, -0.1) is 0 Å². The minimum absolute atomic E-state index is 0.0674. The van der Waals surface area contributed by atoms with Crippen molar-refractivity contribution in [3.63, 3.8) is 0 Å². The van der Waals surface area contributed by atoms with Crippen LogP contribution in [0.2, 0.25) is 0 Å². The fourth-order valence-electron chi connectivity index (χ4n) is 4.25. The van der Waals surface area contributed by atoms with E-state index in [1.807, 2.05) is 30.3 Å². The third kappa shape index (κ3) is 4.98. The number of halogens is 3. The van der Waals surface area contributed by atoms with Gasteiger partial charge in [-0.05, 0) is 36.1 Å². The van der Waals surface area contributed by atoms with Crippen LogP contribution in [0.5, 0.6) is 5.75 Å². The third-order valence-electron chi connectivity index (χ3n) is 6.11. The van der Waals surface area contributed by atoms with Crippen LogP contribution in [0.4, 0.5) is 13.2 Å². The average molecular weight is 493 g/mol. The van der Waals surface area contributed by atoms with Gasteiger partial charge in [0.05, 0.1) is 17.5 Å². The zero-order valence-electron chi connectivity index (χ0n) is 19.1. The molecule has 5 rings (SSSR count). The number of carboxylic acids is 1. The van der Waals surface area contributed by atoms with E-state index < -0.39 is 17.7 Å². The molecule has 1 fully saturated rings. The van der Waals surface area contributed by atoms with Crippen molar-refractivity contribution in [2.45, 2.75) is 38.0 Å². The summed E-state index contributed by atoms with van der Waals surface area (Å²) < 4.78 is 53.0. The Labute approximate surface area is 205 Å². The van der Waals surface area contributed by atoms with Crippen LogP contribution in [0, 0.1) is 0 Å². The number of rotatable bonds is 8. The molecule has 1 heterocycles. The molecule has 0 spiro atoms. The summed E-state index contributed by atoms with van der Waals surface area (Å²) in [6.07, 6.45) is -3.01. The molecule has 0 amide bonds. The standard InChI is InChI=1S/C28H22F3NO4/c29-28(30,31)23-9-5-4-8-21(23)26-22(27(36-32-26)19-11-12-19)16-35-24-14-17(15-25(33)34)10-13-20(24)18-6-2-1-3-7-18/h1-10,13-14,19H,11-12,15-16H2,(H,33,34). The highest BCUT2D eigenvalue weighted by molar-refractivity contribution is 5.74. The van der Waals surface area contributed by atoms with Crippen LogP contribution in [0.15, 0.2) is 77.3 Å². The Morgan fingerprint density at radius 1 is 1.00 bits per heavy atom. The smallest absolute Gasteiger partial charge is 0.417 e. The summed E-state index contributed by atoms with van der Waals surface area (Å²) in [7, 11) is 0. The molecule has 1 aromatic heterocycles. The number of ether oxygens (including phenoxy) is 1. The quantitative estimate of drug-likeness (QED) is 0.283. The van der Waals surface area contributed by atoms with E-state index in [1.165, 1.54) is 18.2 Å². The van der Waals surface area contributed by atoms with Crippen molar-refractivity contribution in [2.24, 2.45) is 0 Å². The second kappa shape index (κ2) is 9.53. The van der Waals surface area contributed by atoms with Crippen molar-refractivity contribution in [1.29, 1.82) is 0 Å². The molecular weight excluding hydrogens is 471 g/mol. The van der Waals surface area contributed by atoms with E-state index in [1.54, 1.807) is 18.2 Å². The van der Waals surface area contributed by atoms with E-state index in [4.69, 9.17) is 9.26 Å². The SMILES string of the molecule is O=C(O)Cc1ccc(-c2ccccc2)c(OCc2c(-c3ccccc3C(F)(F)F)noc2C2CC2)c1. The van der Waals surface area contributed by atoms with Crippen LogP contribution in [0.3, 0.4) is 0 Å². The number of carbonyl (C=O) groups is 1. The molecule has 184 valence electrons. The van der Waals surface area contributed by atoms with Gasteiger partial charge >= 0.3 is 12.1 Å². The number of benzene rings is 3. The van der Waals surface area contributed by atoms with Crippen molar-refractivity contribution in [3.05, 3.63) is 95.2 Å². The highest BCUT2D eigenvalue weighted by atomic mass is 19.4. The summed E-state index contributed by atoms with van der Waals surface area (Å²) >= 11 is 0. The predicted molar refractivity (Wildman–Crippen MR) is 126 cm³/mol. The number of hydrogen-bond donors (Lipinski definition) is 1. The topological polar surface area (TPSA) is 72.6 Å². The van der Waals surface area contributed by atoms with Crippen LogP contribution in [-0.2, 0) is 24.0 Å². The molecule has 1 aliphatic carbocycles. The molecule has 0 radical (unpaired) electrons. The first kappa shape index (κ1) is 23.7. The highest BCUT2D eigenvalue weighted by Gasteiger charge is 2.37. The first-order chi connectivity index (χ1) is 17.3. The van der Waals surface area contributed by atoms with E-state index in [9.17, 15) is 23.1 Å². The molecule has 4 aromatic rings. The Balaban J connectivity index is 1.55. The summed E-state index contributed by atoms with van der Waals surface area (Å²) in [5, 5.41) is 13.3. The van der Waals surface area contributed by atoms with Crippen molar-refractivity contribution in [2.75, 3.05) is 0 Å². The van der Waals surface area contributed by atoms with Gasteiger partial charge in [-0.2, -0.15) is 13.2 Å². The number of aliphatic carboxylic acids is 1. The summed E-state index contributed by atoms with van der Waals surface area (Å²) in [5.41, 5.74) is 1.87. The molecule has 0 saturated heterocycles. The molecule has 8 heteroatoms. The van der Waals surface area contributed by atoms with Gasteiger partial charge in [0.1, 0.15) is 23.8 Å². The van der Waals surface area contributed by atoms with Crippen molar-refractivity contribution in [1.82, 2.24) is 5.16 Å². The second-order valence-electron chi connectivity index (χ2n) is 8.75. The minimum Gasteiger partial charge on any atom is -0.488 e. The Hall–Kier alpha value is -4.07. The first-order valence-electron chi connectivity index (χ1n) is 11.5. The average Bonchev–Trinajstić information content (AvgIpc) is 3.61. The molecule has 0 bridgehead atoms. The maximum Gasteiger partial charge on any atom is 0.417 e. The zero-order chi connectivity index (χ0) is 25.3. The lowest BCUT2D eigenvalue weighted by atomic mass is 9.99. The Kier molecular flexibility index (Phi) is 6.26. The third-order valence-corrected chi connectivity index (χ3v) is 6.11. The van der Waals surface area contributed by atoms with E-state index in [-0.39, 0.29) is 30.2 Å². The van der Waals surface area contributed by atoms with E-state index in [0.717, 1.165) is 30.0 Å². The minimum atomic E-state index is -4.56. The van der Waals surface area contributed by atoms with E-state index in [0.29, 0.717) is 22.6 Å². The van der Waals surface area contributed by atoms with Gasteiger partial charge in [0.2, 0.25) is 0 Å². The van der Waals surface area contributed by atoms with Gasteiger partial charge < -0.3 is 14.4 Å². The van der Waals surface area contributed by atoms with Crippen LogP contribution in [-0.4, -0.2) is 16.2 Å². The molecule has 36 heavy (non-hydrogen) atoms. The molecule has 5 nitrogen and oxygen atoms in total. The van der Waals surface area contributed by atoms with Crippen molar-refractivity contribution < 1.29 is 32.3 Å². The number of hydrogen-bond acceptors (Lipinski definition) is 4. The van der Waals surface area contributed by atoms with E-state index >= 15 is 0 Å². The summed E-state index contributed by atoms with van der Waals surface area (Å²) in [6, 6.07) is 19.9. The van der Waals surface area contributed by atoms with Gasteiger partial charge in [0.25, 0.3) is 0 Å². The molecule has 0 unspecified atom stereocenters. The summed E-state index contributed by atoms with van der Waals surface area (Å²) in [5.74, 6) is 0.0761. The molecule has 0 aliphatic heterocycles. The Morgan fingerprint density at radius 2 is 1.72 bits per heavy atom. The van der Waals surface area contributed by atoms with Gasteiger partial charge in [0.15, 0.2) is 0 Å². The van der Waals surface area contributed by atoms with Crippen LogP contribution in [0.1, 0.15) is 41.2 Å². The zero-order valence-corrected chi connectivity index (χ0v) is 19.1. The number of aromatic nitrogens is 1. The lowest BCUT2D eigenvalue weighted by molar-refractivity contribution is -0.137. The Morgan fingerprint density at radius 3 is 2.42 bits per heavy atom. The molecule has 1 aliphatic rings. The lowest BCUT2D eigenvalue weighted by Crippen LogP contribution is -2.08. The lowest BCUT2D eigenvalue weighted by Gasteiger charge is -2.15. The molecular formula is C28H22F3NO4. The van der Waals surface area contributed by atoms with Crippen molar-refractivity contribution in [3.8, 4) is 28.1 Å². The summed E-state index contributed by atoms with van der Waals surface area (Å²) in [4.78, 5) is 11.3. The monoisotopic (exact) mass is 493 g/mol. The fourth-order valence-corrected chi connectivity index (χ4v) is 4.25. The molecule has 0 atom stereocenters. The van der Waals surface area contributed by atoms with Gasteiger partial charge in [0, 0.05) is 17.0 Å². The molecule has 3 aromatic carbocycles.